The summed E-state index contributed by atoms with van der Waals surface area (Å²) in [7, 11) is 0. The van der Waals surface area contributed by atoms with E-state index in [1.807, 2.05) is 19.1 Å². The van der Waals surface area contributed by atoms with E-state index in [1.54, 1.807) is 6.07 Å². The van der Waals surface area contributed by atoms with Crippen LogP contribution in [0, 0.1) is 0 Å². The zero-order chi connectivity index (χ0) is 9.68. The van der Waals surface area contributed by atoms with Crippen LogP contribution in [0.5, 0.6) is 0 Å². The lowest BCUT2D eigenvalue weighted by Gasteiger charge is -2.07. The first-order chi connectivity index (χ1) is 6.30. The maximum Gasteiger partial charge on any atom is 0.0682 e. The van der Waals surface area contributed by atoms with Gasteiger partial charge in [0, 0.05) is 12.2 Å². The van der Waals surface area contributed by atoms with E-state index >= 15 is 0 Å². The molecule has 3 nitrogen and oxygen atoms in total. The van der Waals surface area contributed by atoms with E-state index in [-0.39, 0.29) is 13.2 Å². The smallest absolute Gasteiger partial charge is 0.0682 e. The summed E-state index contributed by atoms with van der Waals surface area (Å²) in [4.78, 5) is 0. The zero-order valence-corrected chi connectivity index (χ0v) is 7.75. The second-order valence-corrected chi connectivity index (χ2v) is 2.88. The predicted molar refractivity (Wildman–Crippen MR) is 52.5 cm³/mol. The minimum Gasteiger partial charge on any atom is -0.392 e. The van der Waals surface area contributed by atoms with Crippen LogP contribution >= 0.6 is 0 Å². The van der Waals surface area contributed by atoms with Gasteiger partial charge in [0.05, 0.1) is 13.2 Å². The van der Waals surface area contributed by atoms with Crippen molar-refractivity contribution in [3.63, 3.8) is 0 Å². The topological polar surface area (TPSA) is 52.5 Å². The lowest BCUT2D eigenvalue weighted by molar-refractivity contribution is 0.275. The van der Waals surface area contributed by atoms with Crippen LogP contribution in [0.15, 0.2) is 18.2 Å². The van der Waals surface area contributed by atoms with Crippen molar-refractivity contribution in [3.8, 4) is 0 Å². The third-order valence-electron chi connectivity index (χ3n) is 1.80. The Balaban J connectivity index is 2.93. The van der Waals surface area contributed by atoms with Crippen molar-refractivity contribution in [3.05, 3.63) is 29.3 Å². The fourth-order valence-electron chi connectivity index (χ4n) is 1.25. The molecule has 0 saturated heterocycles. The van der Waals surface area contributed by atoms with Crippen molar-refractivity contribution in [1.29, 1.82) is 0 Å². The Morgan fingerprint density at radius 1 is 1.08 bits per heavy atom. The molecular weight excluding hydrogens is 166 g/mol. The van der Waals surface area contributed by atoms with Gasteiger partial charge in [-0.05, 0) is 30.2 Å². The minimum absolute atomic E-state index is 0.00618. The molecule has 0 aliphatic carbocycles. The number of aliphatic hydroxyl groups excluding tert-OH is 2. The van der Waals surface area contributed by atoms with Crippen LogP contribution in [0.3, 0.4) is 0 Å². The highest BCUT2D eigenvalue weighted by Crippen LogP contribution is 2.14. The number of hydrogen-bond donors (Lipinski definition) is 3. The van der Waals surface area contributed by atoms with Gasteiger partial charge in [-0.25, -0.2) is 0 Å². The molecule has 72 valence electrons. The van der Waals surface area contributed by atoms with Crippen molar-refractivity contribution in [2.45, 2.75) is 20.1 Å². The maximum atomic E-state index is 8.94. The quantitative estimate of drug-likeness (QED) is 0.652. The number of anilines is 1. The lowest BCUT2D eigenvalue weighted by Crippen LogP contribution is -1.99. The van der Waals surface area contributed by atoms with Gasteiger partial charge in [-0.15, -0.1) is 0 Å². The normalized spacial score (nSPS) is 10.1. The molecule has 0 unspecified atom stereocenters. The molecule has 1 aromatic carbocycles. The van der Waals surface area contributed by atoms with Crippen LogP contribution in [0.2, 0.25) is 0 Å². The Morgan fingerprint density at radius 2 is 1.62 bits per heavy atom. The third-order valence-corrected chi connectivity index (χ3v) is 1.80. The van der Waals surface area contributed by atoms with E-state index in [9.17, 15) is 0 Å². The van der Waals surface area contributed by atoms with Gasteiger partial charge < -0.3 is 15.5 Å². The van der Waals surface area contributed by atoms with E-state index in [1.165, 1.54) is 0 Å². The summed E-state index contributed by atoms with van der Waals surface area (Å²) in [5, 5.41) is 21.0. The fraction of sp³-hybridized carbons (Fsp3) is 0.400. The summed E-state index contributed by atoms with van der Waals surface area (Å²) in [6, 6.07) is 5.55. The summed E-state index contributed by atoms with van der Waals surface area (Å²) in [5.74, 6) is 0. The van der Waals surface area contributed by atoms with Crippen molar-refractivity contribution < 1.29 is 10.2 Å². The van der Waals surface area contributed by atoms with Crippen molar-refractivity contribution in [1.82, 2.24) is 0 Å². The molecule has 0 fully saturated rings. The van der Waals surface area contributed by atoms with E-state index in [4.69, 9.17) is 10.2 Å². The third kappa shape index (κ3) is 2.72. The van der Waals surface area contributed by atoms with Gasteiger partial charge in [-0.2, -0.15) is 0 Å². The zero-order valence-electron chi connectivity index (χ0n) is 7.75. The van der Waals surface area contributed by atoms with Crippen molar-refractivity contribution in [2.75, 3.05) is 11.9 Å². The first kappa shape index (κ1) is 10.0. The molecule has 0 atom stereocenters. The minimum atomic E-state index is 0.00618. The molecule has 1 rings (SSSR count). The molecule has 0 heterocycles. The first-order valence-electron chi connectivity index (χ1n) is 4.38. The second-order valence-electron chi connectivity index (χ2n) is 2.88. The van der Waals surface area contributed by atoms with Gasteiger partial charge in [-0.3, -0.25) is 0 Å². The van der Waals surface area contributed by atoms with Gasteiger partial charge in [0.2, 0.25) is 0 Å². The standard InChI is InChI=1S/C10H15NO2/c1-2-11-10-4-8(6-12)3-9(5-10)7-13/h3-5,11-13H,2,6-7H2,1H3. The molecule has 0 spiro atoms. The summed E-state index contributed by atoms with van der Waals surface area (Å²) in [5.41, 5.74) is 2.59. The van der Waals surface area contributed by atoms with E-state index in [0.29, 0.717) is 0 Å². The highest BCUT2D eigenvalue weighted by atomic mass is 16.3. The molecule has 0 aromatic heterocycles. The largest absolute Gasteiger partial charge is 0.392 e. The molecule has 0 bridgehead atoms. The summed E-state index contributed by atoms with van der Waals surface area (Å²) < 4.78 is 0. The Kier molecular flexibility index (Phi) is 3.73. The molecule has 0 aliphatic heterocycles. The van der Waals surface area contributed by atoms with Crippen molar-refractivity contribution >= 4 is 5.69 Å². The summed E-state index contributed by atoms with van der Waals surface area (Å²) in [6.45, 7) is 2.85. The van der Waals surface area contributed by atoms with Gasteiger partial charge in [0.1, 0.15) is 0 Å². The number of rotatable bonds is 4. The van der Waals surface area contributed by atoms with Gasteiger partial charge in [0.15, 0.2) is 0 Å². The van der Waals surface area contributed by atoms with Crippen LogP contribution in [0.4, 0.5) is 5.69 Å². The summed E-state index contributed by atoms with van der Waals surface area (Å²) in [6.07, 6.45) is 0. The Morgan fingerprint density at radius 3 is 2.00 bits per heavy atom. The van der Waals surface area contributed by atoms with Crippen LogP contribution in [0.1, 0.15) is 18.1 Å². The Bertz CT molecular complexity index is 251. The van der Waals surface area contributed by atoms with Gasteiger partial charge in [0.25, 0.3) is 0 Å². The number of hydrogen-bond acceptors (Lipinski definition) is 3. The molecule has 0 saturated carbocycles. The average molecular weight is 181 g/mol. The van der Waals surface area contributed by atoms with E-state index < -0.39 is 0 Å². The number of aliphatic hydroxyl groups is 2. The lowest BCUT2D eigenvalue weighted by atomic mass is 10.1. The molecule has 13 heavy (non-hydrogen) atoms. The SMILES string of the molecule is CCNc1cc(CO)cc(CO)c1. The van der Waals surface area contributed by atoms with E-state index in [2.05, 4.69) is 5.32 Å². The Labute approximate surface area is 78.0 Å². The van der Waals surface area contributed by atoms with Gasteiger partial charge >= 0.3 is 0 Å². The van der Waals surface area contributed by atoms with Crippen LogP contribution in [-0.4, -0.2) is 16.8 Å². The molecule has 3 heteroatoms. The number of nitrogens with one attached hydrogen (secondary N) is 1. The van der Waals surface area contributed by atoms with Crippen LogP contribution in [-0.2, 0) is 13.2 Å². The van der Waals surface area contributed by atoms with Crippen molar-refractivity contribution in [2.24, 2.45) is 0 Å². The fourth-order valence-corrected chi connectivity index (χ4v) is 1.25. The van der Waals surface area contributed by atoms with Crippen LogP contribution < -0.4 is 5.32 Å². The highest BCUT2D eigenvalue weighted by Gasteiger charge is 1.98. The number of benzene rings is 1. The molecular formula is C10H15NO2. The van der Waals surface area contributed by atoms with Gasteiger partial charge in [-0.1, -0.05) is 6.07 Å². The predicted octanol–water partition coefficient (Wildman–Crippen LogP) is 1.10. The average Bonchev–Trinajstić information content (AvgIpc) is 2.17. The first-order valence-corrected chi connectivity index (χ1v) is 4.38. The van der Waals surface area contributed by atoms with Crippen LogP contribution in [0.25, 0.3) is 0 Å². The monoisotopic (exact) mass is 181 g/mol. The summed E-state index contributed by atoms with van der Waals surface area (Å²) >= 11 is 0. The molecule has 0 aliphatic rings. The molecule has 1 aromatic rings. The maximum absolute atomic E-state index is 8.94. The second kappa shape index (κ2) is 4.84. The molecule has 0 amide bonds. The molecule has 3 N–H and O–H groups in total. The molecule has 0 radical (unpaired) electrons. The Hall–Kier alpha value is -1.06. The highest BCUT2D eigenvalue weighted by molar-refractivity contribution is 5.48. The van der Waals surface area contributed by atoms with E-state index in [0.717, 1.165) is 23.4 Å².